The Morgan fingerprint density at radius 1 is 1.50 bits per heavy atom. The predicted molar refractivity (Wildman–Crippen MR) is 54.0 cm³/mol. The maximum Gasteiger partial charge on any atom is 0.160 e. The van der Waals surface area contributed by atoms with Crippen molar-refractivity contribution in [2.24, 2.45) is 5.92 Å². The third kappa shape index (κ3) is 3.39. The van der Waals surface area contributed by atoms with Crippen LogP contribution in [0.2, 0.25) is 0 Å². The molecule has 0 radical (unpaired) electrons. The van der Waals surface area contributed by atoms with Crippen LogP contribution in [0.25, 0.3) is 0 Å². The smallest absolute Gasteiger partial charge is 0.160 e. The molecule has 0 aromatic heterocycles. The molecule has 14 heavy (non-hydrogen) atoms. The summed E-state index contributed by atoms with van der Waals surface area (Å²) in [5.74, 6) is 0.787. The van der Waals surface area contributed by atoms with Crippen LogP contribution in [0.15, 0.2) is 0 Å². The highest BCUT2D eigenvalue weighted by Gasteiger charge is 2.27. The van der Waals surface area contributed by atoms with E-state index in [0.717, 1.165) is 25.9 Å². The Morgan fingerprint density at radius 2 is 2.29 bits per heavy atom. The molecule has 0 saturated carbocycles. The maximum atomic E-state index is 11.3. The van der Waals surface area contributed by atoms with Crippen molar-refractivity contribution < 1.29 is 14.3 Å². The number of rotatable bonds is 6. The maximum absolute atomic E-state index is 11.3. The summed E-state index contributed by atoms with van der Waals surface area (Å²) < 4.78 is 10.6. The van der Waals surface area contributed by atoms with E-state index >= 15 is 0 Å². The second-order valence-corrected chi connectivity index (χ2v) is 3.85. The molecule has 0 N–H and O–H groups in total. The first-order valence-corrected chi connectivity index (χ1v) is 5.44. The Kier molecular flexibility index (Phi) is 5.12. The lowest BCUT2D eigenvalue weighted by Gasteiger charge is -2.15. The molecular formula is C11H20O3. The van der Waals surface area contributed by atoms with Crippen LogP contribution in [0.3, 0.4) is 0 Å². The van der Waals surface area contributed by atoms with Crippen molar-refractivity contribution in [3.8, 4) is 0 Å². The largest absolute Gasteiger partial charge is 0.356 e. The van der Waals surface area contributed by atoms with E-state index in [2.05, 4.69) is 0 Å². The highest BCUT2D eigenvalue weighted by atomic mass is 16.7. The summed E-state index contributed by atoms with van der Waals surface area (Å²) in [7, 11) is 1.66. The number of carbonyl (C=O) groups is 1. The van der Waals surface area contributed by atoms with Gasteiger partial charge in [-0.15, -0.1) is 0 Å². The van der Waals surface area contributed by atoms with Gasteiger partial charge in [-0.3, -0.25) is 4.79 Å². The molecule has 82 valence electrons. The number of ketones is 1. The molecule has 0 bridgehead atoms. The molecule has 3 heteroatoms. The van der Waals surface area contributed by atoms with Gasteiger partial charge in [0.1, 0.15) is 5.78 Å². The Hall–Kier alpha value is -0.410. The summed E-state index contributed by atoms with van der Waals surface area (Å²) in [5.41, 5.74) is 0. The zero-order valence-corrected chi connectivity index (χ0v) is 9.12. The lowest BCUT2D eigenvalue weighted by atomic mass is 9.98. The summed E-state index contributed by atoms with van der Waals surface area (Å²) in [5, 5.41) is 0. The highest BCUT2D eigenvalue weighted by Crippen LogP contribution is 2.26. The van der Waals surface area contributed by atoms with Gasteiger partial charge in [0, 0.05) is 25.9 Å². The second kappa shape index (κ2) is 6.14. The van der Waals surface area contributed by atoms with Crippen molar-refractivity contribution in [1.29, 1.82) is 0 Å². The van der Waals surface area contributed by atoms with Crippen molar-refractivity contribution >= 4 is 5.78 Å². The molecule has 1 aliphatic rings. The summed E-state index contributed by atoms with van der Waals surface area (Å²) in [6.07, 6.45) is 4.21. The fraction of sp³-hybridized carbons (Fsp3) is 0.909. The number of ether oxygens (including phenoxy) is 2. The van der Waals surface area contributed by atoms with Crippen molar-refractivity contribution in [3.63, 3.8) is 0 Å². The molecule has 0 amide bonds. The number of methoxy groups -OCH3 is 1. The Balaban J connectivity index is 2.20. The third-order valence-corrected chi connectivity index (χ3v) is 2.71. The fourth-order valence-electron chi connectivity index (χ4n) is 1.90. The van der Waals surface area contributed by atoms with Gasteiger partial charge in [0.15, 0.2) is 6.29 Å². The van der Waals surface area contributed by atoms with Crippen molar-refractivity contribution in [1.82, 2.24) is 0 Å². The van der Waals surface area contributed by atoms with Gasteiger partial charge >= 0.3 is 0 Å². The first-order chi connectivity index (χ1) is 6.77. The molecular weight excluding hydrogens is 180 g/mol. The fourth-order valence-corrected chi connectivity index (χ4v) is 1.90. The van der Waals surface area contributed by atoms with Crippen LogP contribution in [0.4, 0.5) is 0 Å². The number of hydrogen-bond donors (Lipinski definition) is 0. The molecule has 1 fully saturated rings. The molecule has 1 heterocycles. The Bertz CT molecular complexity index is 179. The van der Waals surface area contributed by atoms with Gasteiger partial charge in [0.2, 0.25) is 0 Å². The lowest BCUT2D eigenvalue weighted by molar-refractivity contribution is -0.122. The molecule has 0 aromatic rings. The van der Waals surface area contributed by atoms with E-state index in [-0.39, 0.29) is 6.29 Å². The standard InChI is InChI=1S/C11H20O3/c1-3-4-10(12)6-5-9-7-8-14-11(9)13-2/h9,11H,3-8H2,1-2H3. The zero-order valence-electron chi connectivity index (χ0n) is 9.12. The van der Waals surface area contributed by atoms with Crippen molar-refractivity contribution in [2.45, 2.75) is 45.3 Å². The molecule has 1 aliphatic heterocycles. The summed E-state index contributed by atoms with van der Waals surface area (Å²) in [4.78, 5) is 11.3. The summed E-state index contributed by atoms with van der Waals surface area (Å²) in [6, 6.07) is 0. The van der Waals surface area contributed by atoms with Crippen LogP contribution < -0.4 is 0 Å². The van der Waals surface area contributed by atoms with Crippen LogP contribution in [0.1, 0.15) is 39.0 Å². The molecule has 0 aromatic carbocycles. The van der Waals surface area contributed by atoms with Crippen LogP contribution in [-0.2, 0) is 14.3 Å². The zero-order chi connectivity index (χ0) is 10.4. The van der Waals surface area contributed by atoms with Gasteiger partial charge in [-0.1, -0.05) is 6.92 Å². The van der Waals surface area contributed by atoms with Gasteiger partial charge in [0.25, 0.3) is 0 Å². The van der Waals surface area contributed by atoms with E-state index in [9.17, 15) is 4.79 Å². The highest BCUT2D eigenvalue weighted by molar-refractivity contribution is 5.78. The van der Waals surface area contributed by atoms with Crippen LogP contribution in [-0.4, -0.2) is 25.8 Å². The minimum absolute atomic E-state index is 0.0792. The van der Waals surface area contributed by atoms with Gasteiger partial charge in [0.05, 0.1) is 6.61 Å². The van der Waals surface area contributed by atoms with Crippen molar-refractivity contribution in [2.75, 3.05) is 13.7 Å². The molecule has 1 rings (SSSR count). The topological polar surface area (TPSA) is 35.5 Å². The van der Waals surface area contributed by atoms with E-state index in [1.165, 1.54) is 0 Å². The van der Waals surface area contributed by atoms with Gasteiger partial charge in [-0.2, -0.15) is 0 Å². The minimum Gasteiger partial charge on any atom is -0.356 e. The molecule has 0 spiro atoms. The van der Waals surface area contributed by atoms with Crippen LogP contribution in [0.5, 0.6) is 0 Å². The predicted octanol–water partition coefficient (Wildman–Crippen LogP) is 2.14. The summed E-state index contributed by atoms with van der Waals surface area (Å²) >= 11 is 0. The van der Waals surface area contributed by atoms with E-state index in [1.807, 2.05) is 6.92 Å². The average molecular weight is 200 g/mol. The first kappa shape index (κ1) is 11.7. The molecule has 0 aliphatic carbocycles. The van der Waals surface area contributed by atoms with E-state index in [1.54, 1.807) is 7.11 Å². The molecule has 1 saturated heterocycles. The Morgan fingerprint density at radius 3 is 2.93 bits per heavy atom. The van der Waals surface area contributed by atoms with Crippen LogP contribution in [0, 0.1) is 5.92 Å². The third-order valence-electron chi connectivity index (χ3n) is 2.71. The van der Waals surface area contributed by atoms with E-state index in [0.29, 0.717) is 24.5 Å². The molecule has 2 atom stereocenters. The van der Waals surface area contributed by atoms with Crippen molar-refractivity contribution in [3.05, 3.63) is 0 Å². The lowest BCUT2D eigenvalue weighted by Crippen LogP contribution is -2.18. The SMILES string of the molecule is CCCC(=O)CCC1CCOC1OC. The normalized spacial score (nSPS) is 26.7. The minimum atomic E-state index is -0.0792. The number of hydrogen-bond acceptors (Lipinski definition) is 3. The van der Waals surface area contributed by atoms with Crippen LogP contribution >= 0.6 is 0 Å². The Labute approximate surface area is 85.8 Å². The number of Topliss-reactive ketones (excluding diaryl/α,β-unsaturated/α-hetero) is 1. The number of carbonyl (C=O) groups excluding carboxylic acids is 1. The van der Waals surface area contributed by atoms with E-state index in [4.69, 9.17) is 9.47 Å². The summed E-state index contributed by atoms with van der Waals surface area (Å²) in [6.45, 7) is 2.81. The van der Waals surface area contributed by atoms with Gasteiger partial charge < -0.3 is 9.47 Å². The first-order valence-electron chi connectivity index (χ1n) is 5.44. The van der Waals surface area contributed by atoms with Gasteiger partial charge in [-0.05, 0) is 19.3 Å². The monoisotopic (exact) mass is 200 g/mol. The molecule has 2 unspecified atom stereocenters. The quantitative estimate of drug-likeness (QED) is 0.659. The average Bonchev–Trinajstić information content (AvgIpc) is 2.62. The second-order valence-electron chi connectivity index (χ2n) is 3.85. The molecule has 3 nitrogen and oxygen atoms in total. The van der Waals surface area contributed by atoms with E-state index < -0.39 is 0 Å². The van der Waals surface area contributed by atoms with Gasteiger partial charge in [-0.25, -0.2) is 0 Å².